The molecule has 4 aromatic rings. The SMILES string of the molecule is CSc1ncnn2c([C@H]3C[C@H](OC(C)(C)O)[C@@H](COc4ccc5cccnc5c4)O3)ccc12. The smallest absolute Gasteiger partial charge is 0.160 e. The highest BCUT2D eigenvalue weighted by atomic mass is 32.2. The molecule has 3 aromatic heterocycles. The summed E-state index contributed by atoms with van der Waals surface area (Å²) in [6, 6.07) is 13.7. The van der Waals surface area contributed by atoms with Gasteiger partial charge in [0.05, 0.1) is 22.8 Å². The van der Waals surface area contributed by atoms with Gasteiger partial charge in [-0.3, -0.25) is 4.98 Å². The number of hydrogen-bond donors (Lipinski definition) is 1. The van der Waals surface area contributed by atoms with E-state index in [9.17, 15) is 5.11 Å². The van der Waals surface area contributed by atoms with Crippen LogP contribution in [0.3, 0.4) is 0 Å². The van der Waals surface area contributed by atoms with Crippen molar-refractivity contribution in [1.82, 2.24) is 19.6 Å². The van der Waals surface area contributed by atoms with Gasteiger partial charge in [-0.1, -0.05) is 6.07 Å². The molecule has 1 saturated heterocycles. The Morgan fingerprint density at radius 2 is 2.09 bits per heavy atom. The number of hydrogen-bond acceptors (Lipinski definition) is 8. The van der Waals surface area contributed by atoms with Gasteiger partial charge in [-0.2, -0.15) is 5.10 Å². The van der Waals surface area contributed by atoms with Gasteiger partial charge >= 0.3 is 0 Å². The molecule has 1 aliphatic heterocycles. The van der Waals surface area contributed by atoms with Crippen LogP contribution in [0.25, 0.3) is 16.4 Å². The normalized spacial score (nSPS) is 21.2. The third-order valence-electron chi connectivity index (χ3n) is 5.60. The van der Waals surface area contributed by atoms with E-state index in [0.29, 0.717) is 12.2 Å². The Kier molecular flexibility index (Phi) is 5.96. The van der Waals surface area contributed by atoms with E-state index in [1.54, 1.807) is 38.1 Å². The summed E-state index contributed by atoms with van der Waals surface area (Å²) in [5, 5.41) is 16.7. The van der Waals surface area contributed by atoms with Gasteiger partial charge in [0, 0.05) is 24.1 Å². The highest BCUT2D eigenvalue weighted by molar-refractivity contribution is 7.98. The summed E-state index contributed by atoms with van der Waals surface area (Å²) in [7, 11) is 0. The Hall–Kier alpha value is -2.72. The number of thioether (sulfide) groups is 1. The van der Waals surface area contributed by atoms with Crippen molar-refractivity contribution in [3.05, 3.63) is 60.7 Å². The number of ether oxygens (including phenoxy) is 3. The van der Waals surface area contributed by atoms with Crippen molar-refractivity contribution in [3.8, 4) is 5.75 Å². The van der Waals surface area contributed by atoms with Crippen molar-refractivity contribution in [2.24, 2.45) is 0 Å². The van der Waals surface area contributed by atoms with E-state index in [2.05, 4.69) is 15.1 Å². The molecule has 3 atom stereocenters. The lowest BCUT2D eigenvalue weighted by Crippen LogP contribution is -2.37. The molecule has 1 aliphatic rings. The van der Waals surface area contributed by atoms with Gasteiger partial charge in [0.15, 0.2) is 5.79 Å². The predicted octanol–water partition coefficient (Wildman–Crippen LogP) is 4.02. The molecule has 0 spiro atoms. The van der Waals surface area contributed by atoms with Gasteiger partial charge in [-0.25, -0.2) is 9.50 Å². The molecule has 0 aliphatic carbocycles. The van der Waals surface area contributed by atoms with Crippen LogP contribution in [-0.4, -0.2) is 55.5 Å². The average Bonchev–Trinajstić information content (AvgIpc) is 3.40. The van der Waals surface area contributed by atoms with Crippen molar-refractivity contribution >= 4 is 28.2 Å². The maximum Gasteiger partial charge on any atom is 0.160 e. The van der Waals surface area contributed by atoms with Crippen LogP contribution in [0, 0.1) is 0 Å². The largest absolute Gasteiger partial charge is 0.491 e. The van der Waals surface area contributed by atoms with Crippen molar-refractivity contribution in [2.75, 3.05) is 12.9 Å². The topological polar surface area (TPSA) is 91.0 Å². The molecule has 172 valence electrons. The third kappa shape index (κ3) is 4.67. The fourth-order valence-corrected chi connectivity index (χ4v) is 4.71. The van der Waals surface area contributed by atoms with E-state index in [0.717, 1.165) is 27.1 Å². The van der Waals surface area contributed by atoms with Gasteiger partial charge in [0.25, 0.3) is 0 Å². The monoisotopic (exact) mass is 466 g/mol. The number of rotatable bonds is 7. The van der Waals surface area contributed by atoms with Crippen LogP contribution < -0.4 is 4.74 Å². The van der Waals surface area contributed by atoms with Crippen LogP contribution in [0.1, 0.15) is 32.1 Å². The highest BCUT2D eigenvalue weighted by Gasteiger charge is 2.41. The van der Waals surface area contributed by atoms with Crippen LogP contribution in [0.4, 0.5) is 0 Å². The van der Waals surface area contributed by atoms with Crippen molar-refractivity contribution in [1.29, 1.82) is 0 Å². The molecule has 9 heteroatoms. The fourth-order valence-electron chi connectivity index (χ4n) is 4.20. The second-order valence-corrected chi connectivity index (χ2v) is 9.29. The van der Waals surface area contributed by atoms with Crippen molar-refractivity contribution in [3.63, 3.8) is 0 Å². The van der Waals surface area contributed by atoms with Gasteiger partial charge in [0.1, 0.15) is 35.9 Å². The van der Waals surface area contributed by atoms with Gasteiger partial charge in [-0.05, 0) is 50.4 Å². The molecule has 33 heavy (non-hydrogen) atoms. The molecule has 0 radical (unpaired) electrons. The maximum absolute atomic E-state index is 10.3. The van der Waals surface area contributed by atoms with Crippen molar-refractivity contribution in [2.45, 2.75) is 49.4 Å². The lowest BCUT2D eigenvalue weighted by molar-refractivity contribution is -0.216. The molecule has 5 rings (SSSR count). The second kappa shape index (κ2) is 8.90. The maximum atomic E-state index is 10.3. The summed E-state index contributed by atoms with van der Waals surface area (Å²) in [4.78, 5) is 8.72. The first kappa shape index (κ1) is 22.1. The standard InChI is InChI=1S/C24H26N4O4S/c1-24(2,29)32-21-12-20(18-8-9-19-23(33-3)26-14-27-28(18)19)31-22(21)13-30-16-7-6-15-5-4-10-25-17(15)11-16/h4-11,14,20-22,29H,12-13H2,1-3H3/t20-,21+,22-/m1/s1. The first-order chi connectivity index (χ1) is 15.9. The van der Waals surface area contributed by atoms with Gasteiger partial charge < -0.3 is 19.3 Å². The van der Waals surface area contributed by atoms with Gasteiger partial charge in [-0.15, -0.1) is 11.8 Å². The zero-order valence-corrected chi connectivity index (χ0v) is 19.5. The summed E-state index contributed by atoms with van der Waals surface area (Å²) >= 11 is 1.57. The quantitative estimate of drug-likeness (QED) is 0.323. The molecule has 1 fully saturated rings. The lowest BCUT2D eigenvalue weighted by Gasteiger charge is -2.26. The average molecular weight is 467 g/mol. The summed E-state index contributed by atoms with van der Waals surface area (Å²) in [5.74, 6) is -0.579. The van der Waals surface area contributed by atoms with Crippen LogP contribution in [-0.2, 0) is 9.47 Å². The summed E-state index contributed by atoms with van der Waals surface area (Å²) in [6.07, 6.45) is 4.91. The molecule has 1 aromatic carbocycles. The second-order valence-electron chi connectivity index (χ2n) is 8.50. The van der Waals surface area contributed by atoms with Crippen molar-refractivity contribution < 1.29 is 19.3 Å². The number of benzene rings is 1. The highest BCUT2D eigenvalue weighted by Crippen LogP contribution is 2.37. The molecule has 1 N–H and O–H groups in total. The summed E-state index contributed by atoms with van der Waals surface area (Å²) < 4.78 is 20.3. The van der Waals surface area contributed by atoms with E-state index in [-0.39, 0.29) is 24.9 Å². The molecular formula is C24H26N4O4S. The first-order valence-corrected chi connectivity index (χ1v) is 12.0. The van der Waals surface area contributed by atoms with E-state index in [1.807, 2.05) is 53.2 Å². The molecule has 4 heterocycles. The predicted molar refractivity (Wildman–Crippen MR) is 125 cm³/mol. The molecule has 0 saturated carbocycles. The van der Waals surface area contributed by atoms with E-state index < -0.39 is 5.79 Å². The Bertz CT molecular complexity index is 1270. The van der Waals surface area contributed by atoms with E-state index >= 15 is 0 Å². The first-order valence-electron chi connectivity index (χ1n) is 10.8. The van der Waals surface area contributed by atoms with E-state index in [4.69, 9.17) is 14.2 Å². The molecule has 0 amide bonds. The molecule has 8 nitrogen and oxygen atoms in total. The lowest BCUT2D eigenvalue weighted by atomic mass is 10.1. The number of nitrogens with zero attached hydrogens (tertiary/aromatic N) is 4. The van der Waals surface area contributed by atoms with Crippen LogP contribution in [0.15, 0.2) is 60.0 Å². The minimum absolute atomic E-state index is 0.253. The number of aromatic nitrogens is 4. The van der Waals surface area contributed by atoms with E-state index in [1.165, 1.54) is 0 Å². The molecular weight excluding hydrogens is 440 g/mol. The fraction of sp³-hybridized carbons (Fsp3) is 0.375. The number of fused-ring (bicyclic) bond motifs is 2. The number of aliphatic hydroxyl groups is 1. The third-order valence-corrected chi connectivity index (χ3v) is 6.30. The minimum Gasteiger partial charge on any atom is -0.491 e. The minimum atomic E-state index is -1.29. The molecule has 0 bridgehead atoms. The van der Waals surface area contributed by atoms with Crippen LogP contribution in [0.2, 0.25) is 0 Å². The Morgan fingerprint density at radius 3 is 2.91 bits per heavy atom. The zero-order chi connectivity index (χ0) is 23.0. The molecule has 0 unspecified atom stereocenters. The van der Waals surface area contributed by atoms with Crippen LogP contribution in [0.5, 0.6) is 5.75 Å². The Labute approximate surface area is 195 Å². The summed E-state index contributed by atoms with van der Waals surface area (Å²) in [5.41, 5.74) is 2.73. The zero-order valence-electron chi connectivity index (χ0n) is 18.7. The summed E-state index contributed by atoms with van der Waals surface area (Å²) in [6.45, 7) is 3.53. The Morgan fingerprint density at radius 1 is 1.21 bits per heavy atom. The van der Waals surface area contributed by atoms with Gasteiger partial charge in [0.2, 0.25) is 0 Å². The number of pyridine rings is 1. The Balaban J connectivity index is 1.37. The van der Waals surface area contributed by atoms with Crippen LogP contribution >= 0.6 is 11.8 Å².